The minimum absolute atomic E-state index is 0.110. The number of aromatic nitrogens is 4. The van der Waals surface area contributed by atoms with Crippen molar-refractivity contribution in [1.82, 2.24) is 25.1 Å². The lowest BCUT2D eigenvalue weighted by Crippen LogP contribution is -2.27. The molecule has 30 heavy (non-hydrogen) atoms. The third-order valence-electron chi connectivity index (χ3n) is 4.38. The molecule has 0 aliphatic heterocycles. The van der Waals surface area contributed by atoms with Crippen molar-refractivity contribution >= 4 is 17.7 Å². The summed E-state index contributed by atoms with van der Waals surface area (Å²) >= 11 is 1.54. The topological polar surface area (TPSA) is 91.2 Å². The van der Waals surface area contributed by atoms with E-state index in [-0.39, 0.29) is 5.91 Å². The van der Waals surface area contributed by atoms with Crippen molar-refractivity contribution < 1.29 is 14.3 Å². The van der Waals surface area contributed by atoms with Gasteiger partial charge in [-0.05, 0) is 23.8 Å². The summed E-state index contributed by atoms with van der Waals surface area (Å²) in [4.78, 5) is 16.6. The molecule has 0 spiro atoms. The van der Waals surface area contributed by atoms with Crippen LogP contribution in [0.25, 0.3) is 11.4 Å². The van der Waals surface area contributed by atoms with Gasteiger partial charge in [-0.1, -0.05) is 30.0 Å². The minimum Gasteiger partial charge on any atom is -0.383 e. The summed E-state index contributed by atoms with van der Waals surface area (Å²) in [5.74, 6) is 1.25. The second kappa shape index (κ2) is 11.4. The average molecular weight is 428 g/mol. The molecule has 1 N–H and O–H groups in total. The van der Waals surface area contributed by atoms with Gasteiger partial charge in [-0.2, -0.15) is 0 Å². The number of hydrogen-bond donors (Lipinski definition) is 1. The maximum absolute atomic E-state index is 12.5. The molecule has 2 aromatic heterocycles. The maximum Gasteiger partial charge on any atom is 0.251 e. The van der Waals surface area contributed by atoms with Gasteiger partial charge < -0.3 is 14.8 Å². The zero-order valence-corrected chi connectivity index (χ0v) is 17.9. The summed E-state index contributed by atoms with van der Waals surface area (Å²) in [7, 11) is 3.28. The predicted molar refractivity (Wildman–Crippen MR) is 115 cm³/mol. The molecule has 2 heterocycles. The number of nitrogens with zero attached hydrogens (tertiary/aromatic N) is 4. The lowest BCUT2D eigenvalue weighted by Gasteiger charge is -2.11. The average Bonchev–Trinajstić information content (AvgIpc) is 3.19. The zero-order chi connectivity index (χ0) is 21.2. The minimum atomic E-state index is -0.110. The quantitative estimate of drug-likeness (QED) is 0.372. The maximum atomic E-state index is 12.5. The first-order valence-corrected chi connectivity index (χ1v) is 10.5. The fourth-order valence-electron chi connectivity index (χ4n) is 2.87. The molecule has 158 valence electrons. The highest BCUT2D eigenvalue weighted by Crippen LogP contribution is 2.27. The number of thioether (sulfide) groups is 1. The molecule has 9 heteroatoms. The van der Waals surface area contributed by atoms with Crippen molar-refractivity contribution in [2.45, 2.75) is 17.5 Å². The molecule has 0 saturated carbocycles. The highest BCUT2D eigenvalue weighted by molar-refractivity contribution is 7.98. The van der Waals surface area contributed by atoms with E-state index in [1.165, 1.54) is 11.8 Å². The van der Waals surface area contributed by atoms with E-state index in [9.17, 15) is 4.79 Å². The molecule has 3 aromatic rings. The number of nitrogens with one attached hydrogen (secondary N) is 1. The van der Waals surface area contributed by atoms with Gasteiger partial charge in [0.05, 0.1) is 19.8 Å². The van der Waals surface area contributed by atoms with Gasteiger partial charge in [0.25, 0.3) is 5.91 Å². The van der Waals surface area contributed by atoms with Crippen molar-refractivity contribution in [3.63, 3.8) is 0 Å². The number of carbonyl (C=O) groups is 1. The molecular formula is C21H25N5O3S. The van der Waals surface area contributed by atoms with Crippen LogP contribution in [0.2, 0.25) is 0 Å². The zero-order valence-electron chi connectivity index (χ0n) is 17.1. The number of benzene rings is 1. The Kier molecular flexibility index (Phi) is 8.37. The molecule has 8 nitrogen and oxygen atoms in total. The van der Waals surface area contributed by atoms with E-state index in [1.807, 2.05) is 41.0 Å². The second-order valence-electron chi connectivity index (χ2n) is 6.38. The Labute approximate surface area is 180 Å². The van der Waals surface area contributed by atoms with Crippen LogP contribution in [0.1, 0.15) is 15.9 Å². The Morgan fingerprint density at radius 1 is 1.07 bits per heavy atom. The molecule has 0 saturated heterocycles. The highest BCUT2D eigenvalue weighted by atomic mass is 32.2. The van der Waals surface area contributed by atoms with Crippen LogP contribution in [0.15, 0.2) is 53.9 Å². The van der Waals surface area contributed by atoms with Gasteiger partial charge in [-0.15, -0.1) is 10.2 Å². The first kappa shape index (κ1) is 21.9. The van der Waals surface area contributed by atoms with Crippen LogP contribution in [0.4, 0.5) is 0 Å². The lowest BCUT2D eigenvalue weighted by molar-refractivity contribution is 0.0936. The Morgan fingerprint density at radius 2 is 1.83 bits per heavy atom. The van der Waals surface area contributed by atoms with Gasteiger partial charge in [0, 0.05) is 50.0 Å². The van der Waals surface area contributed by atoms with E-state index >= 15 is 0 Å². The molecule has 0 aliphatic carbocycles. The molecule has 0 fully saturated rings. The van der Waals surface area contributed by atoms with Crippen molar-refractivity contribution in [3.8, 4) is 11.4 Å². The molecule has 1 aromatic carbocycles. The summed E-state index contributed by atoms with van der Waals surface area (Å²) in [5, 5.41) is 12.4. The van der Waals surface area contributed by atoms with Gasteiger partial charge in [-0.25, -0.2) is 0 Å². The van der Waals surface area contributed by atoms with Crippen LogP contribution >= 0.6 is 11.8 Å². The van der Waals surface area contributed by atoms with Crippen LogP contribution in [0.3, 0.4) is 0 Å². The van der Waals surface area contributed by atoms with E-state index in [2.05, 4.69) is 20.5 Å². The Morgan fingerprint density at radius 3 is 2.60 bits per heavy atom. The van der Waals surface area contributed by atoms with Crippen molar-refractivity contribution in [2.75, 3.05) is 34.0 Å². The largest absolute Gasteiger partial charge is 0.383 e. The van der Waals surface area contributed by atoms with Gasteiger partial charge in [-0.3, -0.25) is 14.3 Å². The van der Waals surface area contributed by atoms with Gasteiger partial charge in [0.1, 0.15) is 0 Å². The first-order valence-electron chi connectivity index (χ1n) is 9.55. The summed E-state index contributed by atoms with van der Waals surface area (Å²) in [6, 6.07) is 11.4. The molecule has 0 unspecified atom stereocenters. The molecule has 0 radical (unpaired) electrons. The van der Waals surface area contributed by atoms with Crippen LogP contribution in [0, 0.1) is 0 Å². The number of amides is 1. The van der Waals surface area contributed by atoms with E-state index in [0.29, 0.717) is 37.6 Å². The highest BCUT2D eigenvalue weighted by Gasteiger charge is 2.16. The Balaban J connectivity index is 1.78. The van der Waals surface area contributed by atoms with Crippen LogP contribution in [-0.4, -0.2) is 59.6 Å². The fraction of sp³-hybridized carbons (Fsp3) is 0.333. The van der Waals surface area contributed by atoms with E-state index in [4.69, 9.17) is 9.47 Å². The SMILES string of the molecule is COCCNC(=O)c1ccccc1CSc1nnc(-c2ccncc2)n1CCOC. The van der Waals surface area contributed by atoms with E-state index < -0.39 is 0 Å². The summed E-state index contributed by atoms with van der Waals surface area (Å²) in [5.41, 5.74) is 2.53. The van der Waals surface area contributed by atoms with Crippen molar-refractivity contribution in [2.24, 2.45) is 0 Å². The number of ether oxygens (including phenoxy) is 2. The number of rotatable bonds is 11. The van der Waals surface area contributed by atoms with Gasteiger partial charge in [0.2, 0.25) is 0 Å². The summed E-state index contributed by atoms with van der Waals surface area (Å²) in [6.45, 7) is 2.12. The normalized spacial score (nSPS) is 10.9. The first-order chi connectivity index (χ1) is 14.7. The number of methoxy groups -OCH3 is 2. The molecule has 0 aliphatic rings. The second-order valence-corrected chi connectivity index (χ2v) is 7.32. The predicted octanol–water partition coefficient (Wildman–Crippen LogP) is 2.66. The van der Waals surface area contributed by atoms with Gasteiger partial charge in [0.15, 0.2) is 11.0 Å². The monoisotopic (exact) mass is 427 g/mol. The van der Waals surface area contributed by atoms with Crippen LogP contribution in [-0.2, 0) is 21.8 Å². The van der Waals surface area contributed by atoms with Gasteiger partial charge >= 0.3 is 0 Å². The molecule has 0 atom stereocenters. The van der Waals surface area contributed by atoms with E-state index in [1.54, 1.807) is 26.6 Å². The van der Waals surface area contributed by atoms with Crippen LogP contribution < -0.4 is 5.32 Å². The lowest BCUT2D eigenvalue weighted by atomic mass is 10.1. The standard InChI is InChI=1S/C21H25N5O3S/c1-28-13-11-23-20(27)18-6-4-3-5-17(18)15-30-21-25-24-19(26(21)12-14-29-2)16-7-9-22-10-8-16/h3-10H,11-15H2,1-2H3,(H,23,27). The van der Waals surface area contributed by atoms with Crippen LogP contribution in [0.5, 0.6) is 0 Å². The molecule has 1 amide bonds. The number of carbonyl (C=O) groups excluding carboxylic acids is 1. The fourth-order valence-corrected chi connectivity index (χ4v) is 3.83. The summed E-state index contributed by atoms with van der Waals surface area (Å²) < 4.78 is 12.3. The number of pyridine rings is 1. The third kappa shape index (κ3) is 5.65. The summed E-state index contributed by atoms with van der Waals surface area (Å²) in [6.07, 6.45) is 3.46. The van der Waals surface area contributed by atoms with Crippen molar-refractivity contribution in [1.29, 1.82) is 0 Å². The molecule has 3 rings (SSSR count). The molecular weight excluding hydrogens is 402 g/mol. The Hall–Kier alpha value is -2.75. The van der Waals surface area contributed by atoms with Crippen molar-refractivity contribution in [3.05, 3.63) is 59.9 Å². The smallest absolute Gasteiger partial charge is 0.251 e. The number of hydrogen-bond acceptors (Lipinski definition) is 7. The molecule has 0 bridgehead atoms. The third-order valence-corrected chi connectivity index (χ3v) is 5.40. The van der Waals surface area contributed by atoms with E-state index in [0.717, 1.165) is 22.1 Å². The Bertz CT molecular complexity index is 949.